The van der Waals surface area contributed by atoms with E-state index in [1.807, 2.05) is 13.8 Å². The summed E-state index contributed by atoms with van der Waals surface area (Å²) in [4.78, 5) is 33.5. The van der Waals surface area contributed by atoms with Gasteiger partial charge in [0.25, 0.3) is 0 Å². The lowest BCUT2D eigenvalue weighted by Crippen LogP contribution is -2.41. The fraction of sp³-hybridized carbons (Fsp3) is 0.500. The first-order valence-electron chi connectivity index (χ1n) is 6.56. The number of nitrogens with zero attached hydrogens (tertiary/aromatic N) is 1. The molecule has 1 rings (SSSR count). The van der Waals surface area contributed by atoms with Gasteiger partial charge in [-0.25, -0.2) is 4.79 Å². The Balaban J connectivity index is 2.50. The van der Waals surface area contributed by atoms with E-state index >= 15 is 0 Å². The zero-order valence-corrected chi connectivity index (χ0v) is 11.7. The molecule has 0 saturated heterocycles. The molecule has 6 heteroatoms. The number of hydrogen-bond donors (Lipinski definition) is 2. The maximum atomic E-state index is 11.8. The van der Waals surface area contributed by atoms with Crippen LogP contribution in [-0.4, -0.2) is 33.9 Å². The minimum absolute atomic E-state index is 0.136. The van der Waals surface area contributed by atoms with Crippen LogP contribution in [0, 0.1) is 5.92 Å². The summed E-state index contributed by atoms with van der Waals surface area (Å²) in [5, 5.41) is 11.5. The summed E-state index contributed by atoms with van der Waals surface area (Å²) in [5.41, 5.74) is 0.495. The Labute approximate surface area is 117 Å². The first kappa shape index (κ1) is 15.9. The van der Waals surface area contributed by atoms with Crippen molar-refractivity contribution in [3.05, 3.63) is 24.0 Å². The number of aliphatic carboxylic acids is 1. The second-order valence-corrected chi connectivity index (χ2v) is 5.08. The molecule has 1 amide bonds. The molecular weight excluding hydrogens is 260 g/mol. The van der Waals surface area contributed by atoms with Gasteiger partial charge in [-0.2, -0.15) is 0 Å². The molecule has 0 spiro atoms. The van der Waals surface area contributed by atoms with Crippen molar-refractivity contribution in [2.45, 2.75) is 39.3 Å². The van der Waals surface area contributed by atoms with Crippen LogP contribution in [0.1, 0.15) is 37.2 Å². The topological polar surface area (TPSA) is 88.4 Å². The van der Waals surface area contributed by atoms with Gasteiger partial charge in [0.05, 0.1) is 5.69 Å². The van der Waals surface area contributed by atoms with Crippen LogP contribution in [0.15, 0.2) is 18.3 Å². The largest absolute Gasteiger partial charge is 0.480 e. The van der Waals surface area contributed by atoms with Crippen molar-refractivity contribution >= 4 is 18.2 Å². The Morgan fingerprint density at radius 3 is 2.70 bits per heavy atom. The fourth-order valence-corrected chi connectivity index (χ4v) is 1.92. The predicted octanol–water partition coefficient (Wildman–Crippen LogP) is 1.31. The Kier molecular flexibility index (Phi) is 5.96. The summed E-state index contributed by atoms with van der Waals surface area (Å²) < 4.78 is 1.66. The molecule has 6 nitrogen and oxygen atoms in total. The van der Waals surface area contributed by atoms with Crippen LogP contribution in [0.3, 0.4) is 0 Å². The van der Waals surface area contributed by atoms with Crippen LogP contribution < -0.4 is 5.32 Å². The second-order valence-electron chi connectivity index (χ2n) is 5.08. The van der Waals surface area contributed by atoms with Crippen LogP contribution in [0.2, 0.25) is 0 Å². The van der Waals surface area contributed by atoms with Gasteiger partial charge in [-0.05, 0) is 24.5 Å². The van der Waals surface area contributed by atoms with Gasteiger partial charge in [0.2, 0.25) is 5.91 Å². The molecule has 110 valence electrons. The molecule has 1 atom stereocenters. The highest BCUT2D eigenvalue weighted by Crippen LogP contribution is 2.06. The normalized spacial score (nSPS) is 12.2. The van der Waals surface area contributed by atoms with E-state index < -0.39 is 12.0 Å². The third kappa shape index (κ3) is 4.87. The zero-order chi connectivity index (χ0) is 15.1. The van der Waals surface area contributed by atoms with E-state index in [4.69, 9.17) is 5.11 Å². The first-order valence-corrected chi connectivity index (χ1v) is 6.56. The number of aromatic nitrogens is 1. The van der Waals surface area contributed by atoms with Crippen LogP contribution >= 0.6 is 0 Å². The quantitative estimate of drug-likeness (QED) is 0.703. The Morgan fingerprint density at radius 1 is 1.45 bits per heavy atom. The fourth-order valence-electron chi connectivity index (χ4n) is 1.92. The van der Waals surface area contributed by atoms with Gasteiger partial charge in [-0.1, -0.05) is 13.8 Å². The van der Waals surface area contributed by atoms with Gasteiger partial charge in [0.15, 0.2) is 6.29 Å². The van der Waals surface area contributed by atoms with Crippen LogP contribution in [0.4, 0.5) is 0 Å². The maximum Gasteiger partial charge on any atom is 0.326 e. The molecule has 1 unspecified atom stereocenters. The summed E-state index contributed by atoms with van der Waals surface area (Å²) in [6.07, 6.45) is 2.96. The molecule has 0 saturated carbocycles. The first-order chi connectivity index (χ1) is 9.43. The van der Waals surface area contributed by atoms with Crippen molar-refractivity contribution in [2.75, 3.05) is 0 Å². The number of carboxylic acids is 1. The second kappa shape index (κ2) is 7.47. The SMILES string of the molecule is CC(C)CC(NC(=O)CCn1cccc1C=O)C(=O)O. The number of aryl methyl sites for hydroxylation is 1. The van der Waals surface area contributed by atoms with E-state index in [1.165, 1.54) is 0 Å². The lowest BCUT2D eigenvalue weighted by molar-refractivity contribution is -0.142. The van der Waals surface area contributed by atoms with Crippen LogP contribution in [-0.2, 0) is 16.1 Å². The van der Waals surface area contributed by atoms with Crippen molar-refractivity contribution in [3.8, 4) is 0 Å². The zero-order valence-electron chi connectivity index (χ0n) is 11.7. The van der Waals surface area contributed by atoms with E-state index in [0.717, 1.165) is 6.29 Å². The molecule has 0 radical (unpaired) electrons. The third-order valence-electron chi connectivity index (χ3n) is 2.91. The molecule has 2 N–H and O–H groups in total. The summed E-state index contributed by atoms with van der Waals surface area (Å²) in [5.74, 6) is -1.17. The molecule has 0 aliphatic rings. The van der Waals surface area contributed by atoms with Crippen LogP contribution in [0.5, 0.6) is 0 Å². The van der Waals surface area contributed by atoms with Crippen molar-refractivity contribution in [3.63, 3.8) is 0 Å². The van der Waals surface area contributed by atoms with Gasteiger partial charge in [-0.15, -0.1) is 0 Å². The highest BCUT2D eigenvalue weighted by Gasteiger charge is 2.20. The number of nitrogens with one attached hydrogen (secondary N) is 1. The lowest BCUT2D eigenvalue weighted by Gasteiger charge is -2.16. The summed E-state index contributed by atoms with van der Waals surface area (Å²) >= 11 is 0. The number of carbonyl (C=O) groups excluding carboxylic acids is 2. The number of rotatable bonds is 8. The van der Waals surface area contributed by atoms with Gasteiger partial charge >= 0.3 is 5.97 Å². The number of amides is 1. The minimum Gasteiger partial charge on any atom is -0.480 e. The maximum absolute atomic E-state index is 11.8. The highest BCUT2D eigenvalue weighted by atomic mass is 16.4. The molecule has 0 bridgehead atoms. The van der Waals surface area contributed by atoms with Crippen molar-refractivity contribution in [1.82, 2.24) is 9.88 Å². The molecule has 0 aliphatic carbocycles. The average molecular weight is 280 g/mol. The Hall–Kier alpha value is -2.11. The van der Waals surface area contributed by atoms with Gasteiger partial charge in [0, 0.05) is 19.2 Å². The summed E-state index contributed by atoms with van der Waals surface area (Å²) in [6, 6.07) is 2.52. The van der Waals surface area contributed by atoms with E-state index in [0.29, 0.717) is 18.7 Å². The lowest BCUT2D eigenvalue weighted by atomic mass is 10.0. The van der Waals surface area contributed by atoms with Crippen molar-refractivity contribution in [1.29, 1.82) is 0 Å². The molecule has 0 aromatic carbocycles. The van der Waals surface area contributed by atoms with Crippen molar-refractivity contribution < 1.29 is 19.5 Å². The van der Waals surface area contributed by atoms with Crippen LogP contribution in [0.25, 0.3) is 0 Å². The summed E-state index contributed by atoms with van der Waals surface area (Å²) in [7, 11) is 0. The average Bonchev–Trinajstić information content (AvgIpc) is 2.82. The Morgan fingerprint density at radius 2 is 2.15 bits per heavy atom. The number of hydrogen-bond acceptors (Lipinski definition) is 3. The molecule has 1 aromatic heterocycles. The highest BCUT2D eigenvalue weighted by molar-refractivity contribution is 5.83. The van der Waals surface area contributed by atoms with Crippen molar-refractivity contribution in [2.24, 2.45) is 5.92 Å². The van der Waals surface area contributed by atoms with E-state index in [-0.39, 0.29) is 18.2 Å². The monoisotopic (exact) mass is 280 g/mol. The number of carbonyl (C=O) groups is 3. The molecule has 0 fully saturated rings. The van der Waals surface area contributed by atoms with Gasteiger partial charge in [0.1, 0.15) is 6.04 Å². The standard InChI is InChI=1S/C14H20N2O4/c1-10(2)8-12(14(19)20)15-13(18)5-7-16-6-3-4-11(16)9-17/h3-4,6,9-10,12H,5,7-8H2,1-2H3,(H,15,18)(H,19,20). The van der Waals surface area contributed by atoms with Gasteiger partial charge in [-0.3, -0.25) is 9.59 Å². The predicted molar refractivity (Wildman–Crippen MR) is 73.5 cm³/mol. The molecule has 1 aromatic rings. The Bertz CT molecular complexity index is 479. The minimum atomic E-state index is -1.03. The van der Waals surface area contributed by atoms with Gasteiger partial charge < -0.3 is 15.0 Å². The molecule has 1 heterocycles. The number of aldehydes is 1. The van der Waals surface area contributed by atoms with E-state index in [2.05, 4.69) is 5.32 Å². The molecule has 0 aliphatic heterocycles. The summed E-state index contributed by atoms with van der Waals surface area (Å²) in [6.45, 7) is 4.15. The van der Waals surface area contributed by atoms with E-state index in [1.54, 1.807) is 22.9 Å². The van der Waals surface area contributed by atoms with E-state index in [9.17, 15) is 14.4 Å². The molecule has 20 heavy (non-hydrogen) atoms. The smallest absolute Gasteiger partial charge is 0.326 e. The molecular formula is C14H20N2O4. The number of carboxylic acid groups (broad SMARTS) is 1. The third-order valence-corrected chi connectivity index (χ3v) is 2.91.